The first-order valence-electron chi connectivity index (χ1n) is 6.11. The van der Waals surface area contributed by atoms with Crippen molar-refractivity contribution in [3.63, 3.8) is 0 Å². The van der Waals surface area contributed by atoms with Crippen LogP contribution in [0.2, 0.25) is 0 Å². The highest BCUT2D eigenvalue weighted by Crippen LogP contribution is 1.94. The second kappa shape index (κ2) is 10.9. The van der Waals surface area contributed by atoms with Gasteiger partial charge in [-0.2, -0.15) is 0 Å². The van der Waals surface area contributed by atoms with Crippen molar-refractivity contribution in [2.75, 3.05) is 40.0 Å². The predicted molar refractivity (Wildman–Crippen MR) is 64.5 cm³/mol. The van der Waals surface area contributed by atoms with Crippen LogP contribution >= 0.6 is 0 Å². The van der Waals surface area contributed by atoms with Gasteiger partial charge in [0.1, 0.15) is 0 Å². The van der Waals surface area contributed by atoms with E-state index in [1.807, 2.05) is 14.0 Å². The van der Waals surface area contributed by atoms with Gasteiger partial charge in [-0.1, -0.05) is 13.8 Å². The van der Waals surface area contributed by atoms with E-state index in [1.165, 1.54) is 0 Å². The fraction of sp³-hybridized carbons (Fsp3) is 0.917. The van der Waals surface area contributed by atoms with Gasteiger partial charge in [-0.25, -0.2) is 0 Å². The lowest BCUT2D eigenvalue weighted by Crippen LogP contribution is -2.30. The molecule has 0 atom stereocenters. The molecule has 0 aliphatic heterocycles. The van der Waals surface area contributed by atoms with E-state index in [0.717, 1.165) is 19.4 Å². The Morgan fingerprint density at radius 3 is 2.19 bits per heavy atom. The smallest absolute Gasteiger partial charge is 0.222 e. The molecule has 0 aromatic carbocycles. The van der Waals surface area contributed by atoms with Crippen LogP contribution in [0, 0.1) is 0 Å². The first-order valence-corrected chi connectivity index (χ1v) is 6.11. The highest BCUT2D eigenvalue weighted by atomic mass is 16.5. The number of rotatable bonds is 10. The molecule has 0 aliphatic rings. The van der Waals surface area contributed by atoms with E-state index < -0.39 is 0 Å². The van der Waals surface area contributed by atoms with Crippen LogP contribution in [0.25, 0.3) is 0 Å². The lowest BCUT2D eigenvalue weighted by Gasteiger charge is -2.16. The number of amides is 1. The summed E-state index contributed by atoms with van der Waals surface area (Å²) in [5.74, 6) is 0.188. The van der Waals surface area contributed by atoms with Crippen molar-refractivity contribution in [2.24, 2.45) is 0 Å². The van der Waals surface area contributed by atoms with E-state index in [0.29, 0.717) is 32.8 Å². The molecule has 4 nitrogen and oxygen atoms in total. The molecule has 0 heterocycles. The van der Waals surface area contributed by atoms with Crippen LogP contribution in [0.5, 0.6) is 0 Å². The standard InChI is InChI=1S/C12H25NO3/c1-4-6-12(14)13(3)7-9-16-11-10-15-8-5-2/h4-11H2,1-3H3. The van der Waals surface area contributed by atoms with Crippen LogP contribution in [0.15, 0.2) is 0 Å². The maximum absolute atomic E-state index is 11.4. The Morgan fingerprint density at radius 1 is 1.00 bits per heavy atom. The summed E-state index contributed by atoms with van der Waals surface area (Å²) in [5, 5.41) is 0. The van der Waals surface area contributed by atoms with Crippen molar-refractivity contribution in [3.05, 3.63) is 0 Å². The van der Waals surface area contributed by atoms with Crippen molar-refractivity contribution in [3.8, 4) is 0 Å². The summed E-state index contributed by atoms with van der Waals surface area (Å²) in [7, 11) is 1.81. The minimum Gasteiger partial charge on any atom is -0.379 e. The summed E-state index contributed by atoms with van der Waals surface area (Å²) in [6, 6.07) is 0. The second-order valence-corrected chi connectivity index (χ2v) is 3.79. The molecule has 0 aromatic rings. The Labute approximate surface area is 98.9 Å². The highest BCUT2D eigenvalue weighted by Gasteiger charge is 2.05. The minimum absolute atomic E-state index is 0.188. The van der Waals surface area contributed by atoms with E-state index in [1.54, 1.807) is 4.90 Å². The quantitative estimate of drug-likeness (QED) is 0.537. The molecule has 96 valence electrons. The molecule has 0 unspecified atom stereocenters. The number of carbonyl (C=O) groups is 1. The van der Waals surface area contributed by atoms with Gasteiger partial charge < -0.3 is 14.4 Å². The average molecular weight is 231 g/mol. The monoisotopic (exact) mass is 231 g/mol. The third-order valence-corrected chi connectivity index (χ3v) is 2.18. The fourth-order valence-corrected chi connectivity index (χ4v) is 1.20. The summed E-state index contributed by atoms with van der Waals surface area (Å²) in [6.07, 6.45) is 2.55. The highest BCUT2D eigenvalue weighted by molar-refractivity contribution is 5.75. The largest absolute Gasteiger partial charge is 0.379 e. The van der Waals surface area contributed by atoms with E-state index in [4.69, 9.17) is 9.47 Å². The van der Waals surface area contributed by atoms with E-state index >= 15 is 0 Å². The topological polar surface area (TPSA) is 38.8 Å². The van der Waals surface area contributed by atoms with Crippen molar-refractivity contribution in [1.82, 2.24) is 4.90 Å². The maximum atomic E-state index is 11.4. The molecule has 0 rings (SSSR count). The third-order valence-electron chi connectivity index (χ3n) is 2.18. The first-order chi connectivity index (χ1) is 7.72. The maximum Gasteiger partial charge on any atom is 0.222 e. The molecule has 0 fully saturated rings. The van der Waals surface area contributed by atoms with Crippen LogP contribution < -0.4 is 0 Å². The molecule has 0 N–H and O–H groups in total. The Morgan fingerprint density at radius 2 is 1.62 bits per heavy atom. The molecule has 1 amide bonds. The van der Waals surface area contributed by atoms with Crippen LogP contribution in [0.3, 0.4) is 0 Å². The molecule has 0 aliphatic carbocycles. The van der Waals surface area contributed by atoms with Crippen molar-refractivity contribution >= 4 is 5.91 Å². The number of hydrogen-bond acceptors (Lipinski definition) is 3. The third kappa shape index (κ3) is 8.68. The Balaban J connectivity index is 3.27. The van der Waals surface area contributed by atoms with Gasteiger partial charge in [0.15, 0.2) is 0 Å². The first kappa shape index (κ1) is 15.4. The summed E-state index contributed by atoms with van der Waals surface area (Å²) in [4.78, 5) is 13.1. The minimum atomic E-state index is 0.188. The zero-order valence-corrected chi connectivity index (χ0v) is 10.8. The molecule has 0 spiro atoms. The number of likely N-dealkylation sites (N-methyl/N-ethyl adjacent to an activating group) is 1. The van der Waals surface area contributed by atoms with Gasteiger partial charge in [-0.15, -0.1) is 0 Å². The van der Waals surface area contributed by atoms with Gasteiger partial charge >= 0.3 is 0 Å². The Bertz CT molecular complexity index is 174. The van der Waals surface area contributed by atoms with E-state index in [2.05, 4.69) is 6.92 Å². The van der Waals surface area contributed by atoms with Gasteiger partial charge in [0.2, 0.25) is 5.91 Å². The van der Waals surface area contributed by atoms with Crippen LogP contribution in [-0.2, 0) is 14.3 Å². The fourth-order valence-electron chi connectivity index (χ4n) is 1.20. The van der Waals surface area contributed by atoms with Gasteiger partial charge in [0, 0.05) is 26.6 Å². The summed E-state index contributed by atoms with van der Waals surface area (Å²) < 4.78 is 10.6. The molecule has 0 saturated carbocycles. The number of hydrogen-bond donors (Lipinski definition) is 0. The lowest BCUT2D eigenvalue weighted by atomic mass is 10.3. The van der Waals surface area contributed by atoms with Gasteiger partial charge in [0.25, 0.3) is 0 Å². The second-order valence-electron chi connectivity index (χ2n) is 3.79. The molecule has 0 radical (unpaired) electrons. The molecule has 0 aromatic heterocycles. The van der Waals surface area contributed by atoms with Crippen molar-refractivity contribution < 1.29 is 14.3 Å². The normalized spacial score (nSPS) is 10.4. The lowest BCUT2D eigenvalue weighted by molar-refractivity contribution is -0.130. The van der Waals surface area contributed by atoms with Crippen LogP contribution in [0.4, 0.5) is 0 Å². The predicted octanol–water partition coefficient (Wildman–Crippen LogP) is 1.69. The molecular weight excluding hydrogens is 206 g/mol. The number of carbonyl (C=O) groups excluding carboxylic acids is 1. The zero-order valence-electron chi connectivity index (χ0n) is 10.8. The van der Waals surface area contributed by atoms with Crippen molar-refractivity contribution in [1.29, 1.82) is 0 Å². The Hall–Kier alpha value is -0.610. The van der Waals surface area contributed by atoms with Crippen molar-refractivity contribution in [2.45, 2.75) is 33.1 Å². The van der Waals surface area contributed by atoms with E-state index in [9.17, 15) is 4.79 Å². The van der Waals surface area contributed by atoms with E-state index in [-0.39, 0.29) is 5.91 Å². The van der Waals surface area contributed by atoms with Crippen LogP contribution in [-0.4, -0.2) is 50.8 Å². The molecular formula is C12H25NO3. The SMILES string of the molecule is CCCOCCOCCN(C)C(=O)CCC. The van der Waals surface area contributed by atoms with Gasteiger partial charge in [0.05, 0.1) is 19.8 Å². The molecule has 4 heteroatoms. The summed E-state index contributed by atoms with van der Waals surface area (Å²) in [6.45, 7) is 7.37. The molecule has 0 bridgehead atoms. The molecule has 0 saturated heterocycles. The zero-order chi connectivity index (χ0) is 12.2. The summed E-state index contributed by atoms with van der Waals surface area (Å²) >= 11 is 0. The van der Waals surface area contributed by atoms with Gasteiger partial charge in [-0.05, 0) is 12.8 Å². The average Bonchev–Trinajstić information content (AvgIpc) is 2.28. The Kier molecular flexibility index (Phi) is 10.5. The number of ether oxygens (including phenoxy) is 2. The van der Waals surface area contributed by atoms with Gasteiger partial charge in [-0.3, -0.25) is 4.79 Å². The number of nitrogens with zero attached hydrogens (tertiary/aromatic N) is 1. The summed E-state index contributed by atoms with van der Waals surface area (Å²) in [5.41, 5.74) is 0. The van der Waals surface area contributed by atoms with Crippen LogP contribution in [0.1, 0.15) is 33.1 Å². The molecule has 16 heavy (non-hydrogen) atoms.